The molecule has 1 aromatic heterocycles. The lowest BCUT2D eigenvalue weighted by atomic mass is 9.94. The third kappa shape index (κ3) is 6.24. The number of hydrogen-bond acceptors (Lipinski definition) is 8. The molecule has 2 aromatic carbocycles. The molecule has 9 heteroatoms. The van der Waals surface area contributed by atoms with E-state index in [0.29, 0.717) is 48.7 Å². The lowest BCUT2D eigenvalue weighted by molar-refractivity contribution is 0.00996. The maximum Gasteiger partial charge on any atom is 0.123 e. The van der Waals surface area contributed by atoms with Gasteiger partial charge in [0.25, 0.3) is 0 Å². The number of pyridine rings is 1. The summed E-state index contributed by atoms with van der Waals surface area (Å²) in [5.74, 6) is 0.177. The minimum Gasteiger partial charge on any atom is -0.491 e. The van der Waals surface area contributed by atoms with Crippen LogP contribution in [0.5, 0.6) is 5.75 Å². The molecule has 1 fully saturated rings. The van der Waals surface area contributed by atoms with Gasteiger partial charge in [-0.25, -0.2) is 4.39 Å². The molecule has 2 atom stereocenters. The second-order valence-electron chi connectivity index (χ2n) is 9.33. The normalized spacial score (nSPS) is 17.7. The van der Waals surface area contributed by atoms with Crippen molar-refractivity contribution in [1.82, 2.24) is 9.88 Å². The van der Waals surface area contributed by atoms with Crippen LogP contribution in [0.1, 0.15) is 35.3 Å². The molecule has 0 radical (unpaired) electrons. The van der Waals surface area contributed by atoms with Crippen molar-refractivity contribution in [2.24, 2.45) is 0 Å². The molecule has 37 heavy (non-hydrogen) atoms. The highest BCUT2D eigenvalue weighted by atomic mass is 19.1. The molecule has 3 aromatic rings. The van der Waals surface area contributed by atoms with E-state index in [0.717, 1.165) is 11.3 Å². The number of ether oxygens (including phenoxy) is 1. The Labute approximate surface area is 215 Å². The average Bonchev–Trinajstić information content (AvgIpc) is 2.92. The van der Waals surface area contributed by atoms with E-state index in [2.05, 4.69) is 20.9 Å². The topological polar surface area (TPSA) is 113 Å². The van der Waals surface area contributed by atoms with Crippen molar-refractivity contribution in [3.05, 3.63) is 89.0 Å². The van der Waals surface area contributed by atoms with Crippen LogP contribution in [0.3, 0.4) is 0 Å². The van der Waals surface area contributed by atoms with Gasteiger partial charge in [-0.1, -0.05) is 18.2 Å². The van der Waals surface area contributed by atoms with Gasteiger partial charge in [-0.05, 0) is 48.9 Å². The van der Waals surface area contributed by atoms with E-state index >= 15 is 0 Å². The number of anilines is 1. The number of nitrogens with zero attached hydrogens (tertiary/aromatic N) is 4. The second-order valence-corrected chi connectivity index (χ2v) is 9.33. The smallest absolute Gasteiger partial charge is 0.123 e. The molecule has 3 N–H and O–H groups in total. The molecule has 0 saturated carbocycles. The summed E-state index contributed by atoms with van der Waals surface area (Å²) in [6, 6.07) is 17.1. The van der Waals surface area contributed by atoms with Gasteiger partial charge in [0.1, 0.15) is 29.8 Å². The van der Waals surface area contributed by atoms with E-state index in [-0.39, 0.29) is 31.7 Å². The van der Waals surface area contributed by atoms with Crippen molar-refractivity contribution in [1.29, 1.82) is 5.26 Å². The van der Waals surface area contributed by atoms with E-state index in [9.17, 15) is 19.9 Å². The minimum absolute atomic E-state index is 0.121. The van der Waals surface area contributed by atoms with Crippen molar-refractivity contribution in [2.75, 3.05) is 44.3 Å². The molecule has 2 heterocycles. The predicted molar refractivity (Wildman–Crippen MR) is 136 cm³/mol. The number of β-amino-alcohol motifs (C(OH)–C–C–N with tert-alkyl or cyclic N) is 1. The molecular formula is C28H31FN4O4. The zero-order valence-electron chi connectivity index (χ0n) is 20.7. The molecule has 0 spiro atoms. The monoisotopic (exact) mass is 506 g/mol. The van der Waals surface area contributed by atoms with Gasteiger partial charge in [-0.2, -0.15) is 5.26 Å². The summed E-state index contributed by atoms with van der Waals surface area (Å²) < 4.78 is 19.2. The summed E-state index contributed by atoms with van der Waals surface area (Å²) in [6.07, 6.45) is 1.58. The number of rotatable bonds is 9. The number of aliphatic hydroxyl groups excluding tert-OH is 2. The largest absolute Gasteiger partial charge is 0.491 e. The lowest BCUT2D eigenvalue weighted by Crippen LogP contribution is -2.52. The van der Waals surface area contributed by atoms with Gasteiger partial charge in [0.05, 0.1) is 36.2 Å². The first-order valence-corrected chi connectivity index (χ1v) is 12.2. The number of aromatic nitrogens is 1. The number of piperazine rings is 1. The Kier molecular flexibility index (Phi) is 8.36. The lowest BCUT2D eigenvalue weighted by Gasteiger charge is -2.45. The first-order chi connectivity index (χ1) is 17.8. The van der Waals surface area contributed by atoms with Crippen LogP contribution in [-0.2, 0) is 12.2 Å². The highest BCUT2D eigenvalue weighted by molar-refractivity contribution is 5.63. The van der Waals surface area contributed by atoms with Crippen molar-refractivity contribution in [2.45, 2.75) is 25.2 Å². The molecule has 4 rings (SSSR count). The van der Waals surface area contributed by atoms with Gasteiger partial charge < -0.3 is 25.0 Å². The molecule has 8 nitrogen and oxygen atoms in total. The Morgan fingerprint density at radius 2 is 1.92 bits per heavy atom. The van der Waals surface area contributed by atoms with Crippen LogP contribution in [-0.4, -0.2) is 64.6 Å². The highest BCUT2D eigenvalue weighted by Gasteiger charge is 2.34. The molecule has 1 aliphatic heterocycles. The van der Waals surface area contributed by atoms with Crippen molar-refractivity contribution >= 4 is 5.69 Å². The maximum atomic E-state index is 13.7. The summed E-state index contributed by atoms with van der Waals surface area (Å²) in [5.41, 5.74) is 2.08. The summed E-state index contributed by atoms with van der Waals surface area (Å²) >= 11 is 0. The fourth-order valence-electron chi connectivity index (χ4n) is 4.71. The van der Waals surface area contributed by atoms with Gasteiger partial charge in [-0.15, -0.1) is 0 Å². The van der Waals surface area contributed by atoms with Gasteiger partial charge in [-0.3, -0.25) is 9.88 Å². The Morgan fingerprint density at radius 1 is 1.14 bits per heavy atom. The fraction of sp³-hybridized carbons (Fsp3) is 0.357. The number of benzene rings is 2. The van der Waals surface area contributed by atoms with Crippen LogP contribution >= 0.6 is 0 Å². The van der Waals surface area contributed by atoms with Crippen LogP contribution in [0.2, 0.25) is 0 Å². The van der Waals surface area contributed by atoms with Crippen LogP contribution < -0.4 is 9.64 Å². The van der Waals surface area contributed by atoms with E-state index in [4.69, 9.17) is 9.84 Å². The highest BCUT2D eigenvalue weighted by Crippen LogP contribution is 2.35. The standard InChI is InChI=1S/C28H31FN4O4/c1-28(36,22-4-7-24(18-35)31-16-22)19-32-10-11-33(27(17-32)20-2-5-23(29)6-3-20)26-9-8-25(37-13-12-34)14-21(26)15-30/h2-9,14,16,27,34-36H,10-13,17-19H2,1H3/t27-,28+/m0/s1. The summed E-state index contributed by atoms with van der Waals surface area (Å²) in [6.45, 7) is 3.68. The fourth-order valence-corrected chi connectivity index (χ4v) is 4.71. The number of aliphatic hydroxyl groups is 3. The van der Waals surface area contributed by atoms with Gasteiger partial charge in [0.15, 0.2) is 0 Å². The SMILES string of the molecule is C[C@@](O)(CN1CCN(c2ccc(OCCO)cc2C#N)[C@H](c2ccc(F)cc2)C1)c1ccc(CO)nc1. The summed E-state index contributed by atoms with van der Waals surface area (Å²) in [4.78, 5) is 8.47. The zero-order valence-corrected chi connectivity index (χ0v) is 20.7. The molecular weight excluding hydrogens is 475 g/mol. The van der Waals surface area contributed by atoms with E-state index in [1.54, 1.807) is 49.5 Å². The quantitative estimate of drug-likeness (QED) is 0.406. The van der Waals surface area contributed by atoms with Crippen molar-refractivity contribution in [3.8, 4) is 11.8 Å². The minimum atomic E-state index is -1.18. The molecule has 0 bridgehead atoms. The van der Waals surface area contributed by atoms with Crippen LogP contribution in [0, 0.1) is 17.1 Å². The van der Waals surface area contributed by atoms with Crippen molar-refractivity contribution < 1.29 is 24.4 Å². The molecule has 0 unspecified atom stereocenters. The average molecular weight is 507 g/mol. The van der Waals surface area contributed by atoms with Crippen LogP contribution in [0.4, 0.5) is 10.1 Å². The molecule has 0 amide bonds. The molecule has 1 saturated heterocycles. The van der Waals surface area contributed by atoms with Gasteiger partial charge in [0, 0.05) is 37.9 Å². The van der Waals surface area contributed by atoms with E-state index < -0.39 is 5.60 Å². The van der Waals surface area contributed by atoms with Crippen LogP contribution in [0.15, 0.2) is 60.8 Å². The number of halogens is 1. The van der Waals surface area contributed by atoms with Gasteiger partial charge >= 0.3 is 0 Å². The summed E-state index contributed by atoms with van der Waals surface area (Å²) in [5, 5.41) is 39.4. The predicted octanol–water partition coefficient (Wildman–Crippen LogP) is 2.73. The third-order valence-corrected chi connectivity index (χ3v) is 6.62. The summed E-state index contributed by atoms with van der Waals surface area (Å²) in [7, 11) is 0. The first-order valence-electron chi connectivity index (χ1n) is 12.2. The maximum absolute atomic E-state index is 13.7. The molecule has 1 aliphatic rings. The molecule has 0 aliphatic carbocycles. The second kappa shape index (κ2) is 11.7. The molecule has 194 valence electrons. The van der Waals surface area contributed by atoms with E-state index in [1.165, 1.54) is 12.1 Å². The zero-order chi connectivity index (χ0) is 26.4. The Hall–Kier alpha value is -3.55. The van der Waals surface area contributed by atoms with Crippen molar-refractivity contribution in [3.63, 3.8) is 0 Å². The first kappa shape index (κ1) is 26.5. The van der Waals surface area contributed by atoms with E-state index in [1.807, 2.05) is 6.07 Å². The number of nitriles is 1. The Balaban J connectivity index is 1.60. The van der Waals surface area contributed by atoms with Gasteiger partial charge in [0.2, 0.25) is 0 Å². The third-order valence-electron chi connectivity index (χ3n) is 6.62. The number of hydrogen-bond donors (Lipinski definition) is 3. The van der Waals surface area contributed by atoms with Crippen LogP contribution in [0.25, 0.3) is 0 Å². The Bertz CT molecular complexity index is 1230. The Morgan fingerprint density at radius 3 is 2.57 bits per heavy atom.